The van der Waals surface area contributed by atoms with Crippen molar-refractivity contribution >= 4 is 27.4 Å². The molecule has 7 heteroatoms. The molecule has 0 unspecified atom stereocenters. The van der Waals surface area contributed by atoms with Gasteiger partial charge in [0.2, 0.25) is 9.84 Å². The topological polar surface area (TPSA) is 89.5 Å². The Hall–Kier alpha value is -2.67. The Bertz CT molecular complexity index is 947. The van der Waals surface area contributed by atoms with E-state index in [4.69, 9.17) is 0 Å². The molecule has 6 nitrogen and oxygen atoms in total. The van der Waals surface area contributed by atoms with Gasteiger partial charge < -0.3 is 10.1 Å². The van der Waals surface area contributed by atoms with Crippen molar-refractivity contribution in [2.75, 3.05) is 12.4 Å². The maximum atomic E-state index is 12.9. The number of sulfone groups is 1. The molecule has 1 aliphatic heterocycles. The molecular weight excluding hydrogens is 318 g/mol. The van der Waals surface area contributed by atoms with Gasteiger partial charge in [0.05, 0.1) is 33.7 Å². The first-order chi connectivity index (χ1) is 10.9. The Morgan fingerprint density at radius 1 is 1.09 bits per heavy atom. The molecule has 0 saturated heterocycles. The van der Waals surface area contributed by atoms with Gasteiger partial charge >= 0.3 is 5.97 Å². The van der Waals surface area contributed by atoms with Gasteiger partial charge in [0.1, 0.15) is 0 Å². The summed E-state index contributed by atoms with van der Waals surface area (Å²) in [5, 5.41) is 2.60. The number of carbonyl (C=O) groups excluding carboxylic acids is 2. The number of methoxy groups -OCH3 is 1. The first-order valence-electron chi connectivity index (χ1n) is 6.75. The van der Waals surface area contributed by atoms with E-state index in [0.717, 1.165) is 0 Å². The molecule has 1 N–H and O–H groups in total. The summed E-state index contributed by atoms with van der Waals surface area (Å²) >= 11 is 0. The Labute approximate surface area is 133 Å². The van der Waals surface area contributed by atoms with Crippen molar-refractivity contribution in [1.29, 1.82) is 0 Å². The summed E-state index contributed by atoms with van der Waals surface area (Å²) < 4.78 is 30.4. The fraction of sp³-hybridized carbons (Fsp3) is 0.125. The molecule has 2 aromatic carbocycles. The van der Waals surface area contributed by atoms with Gasteiger partial charge in [0, 0.05) is 0 Å². The van der Waals surface area contributed by atoms with Crippen LogP contribution in [-0.4, -0.2) is 27.4 Å². The minimum Gasteiger partial charge on any atom is -0.465 e. The molecular formula is C16H13NO5S. The van der Waals surface area contributed by atoms with Gasteiger partial charge in [-0.05, 0) is 36.8 Å². The highest BCUT2D eigenvalue weighted by atomic mass is 32.2. The molecule has 2 aromatic rings. The number of ether oxygens (including phenoxy) is 1. The van der Waals surface area contributed by atoms with Crippen LogP contribution in [0, 0.1) is 6.92 Å². The van der Waals surface area contributed by atoms with Gasteiger partial charge in [-0.3, -0.25) is 4.79 Å². The van der Waals surface area contributed by atoms with Crippen LogP contribution in [0.25, 0.3) is 0 Å². The van der Waals surface area contributed by atoms with Gasteiger partial charge in [-0.15, -0.1) is 0 Å². The lowest BCUT2D eigenvalue weighted by molar-refractivity contribution is 0.0599. The lowest BCUT2D eigenvalue weighted by Gasteiger charge is -2.13. The minimum absolute atomic E-state index is 0.0408. The number of amides is 1. The number of anilines is 1. The molecule has 0 radical (unpaired) electrons. The number of nitrogens with one attached hydrogen (secondary N) is 1. The molecule has 1 amide bonds. The van der Waals surface area contributed by atoms with Crippen LogP contribution in [0.4, 0.5) is 5.69 Å². The molecule has 0 aromatic heterocycles. The average molecular weight is 331 g/mol. The Balaban J connectivity index is 2.35. The van der Waals surface area contributed by atoms with E-state index in [0.29, 0.717) is 5.56 Å². The molecule has 0 fully saturated rings. The Morgan fingerprint density at radius 2 is 1.78 bits per heavy atom. The SMILES string of the molecule is COC(=O)c1ccc2c(c1C)NC(=O)c1ccccc1S2(=O)=O. The molecule has 0 aliphatic carbocycles. The van der Waals surface area contributed by atoms with E-state index in [1.807, 2.05) is 0 Å². The summed E-state index contributed by atoms with van der Waals surface area (Å²) in [5.74, 6) is -1.13. The fourth-order valence-corrected chi connectivity index (χ4v) is 4.25. The number of rotatable bonds is 1. The summed E-state index contributed by atoms with van der Waals surface area (Å²) in [4.78, 5) is 24.1. The molecule has 0 spiro atoms. The number of esters is 1. The fourth-order valence-electron chi connectivity index (χ4n) is 2.59. The molecule has 1 aliphatic rings. The molecule has 3 rings (SSSR count). The van der Waals surface area contributed by atoms with Gasteiger partial charge in [-0.2, -0.15) is 0 Å². The van der Waals surface area contributed by atoms with Crippen LogP contribution in [-0.2, 0) is 14.6 Å². The molecule has 0 saturated carbocycles. The molecule has 0 bridgehead atoms. The van der Waals surface area contributed by atoms with Gasteiger partial charge in [0.15, 0.2) is 0 Å². The van der Waals surface area contributed by atoms with E-state index in [1.165, 1.54) is 31.4 Å². The lowest BCUT2D eigenvalue weighted by atomic mass is 10.1. The largest absolute Gasteiger partial charge is 0.465 e. The summed E-state index contributed by atoms with van der Waals surface area (Å²) in [6, 6.07) is 8.69. The van der Waals surface area contributed by atoms with Gasteiger partial charge in [-0.25, -0.2) is 13.2 Å². The van der Waals surface area contributed by atoms with E-state index < -0.39 is 21.7 Å². The molecule has 1 heterocycles. The van der Waals surface area contributed by atoms with Crippen LogP contribution in [0.15, 0.2) is 46.2 Å². The lowest BCUT2D eigenvalue weighted by Crippen LogP contribution is -2.14. The maximum absolute atomic E-state index is 12.9. The van der Waals surface area contributed by atoms with Crippen LogP contribution in [0.5, 0.6) is 0 Å². The third kappa shape index (κ3) is 2.20. The number of hydrogen-bond donors (Lipinski definition) is 1. The highest BCUT2D eigenvalue weighted by molar-refractivity contribution is 7.91. The molecule has 23 heavy (non-hydrogen) atoms. The zero-order valence-electron chi connectivity index (χ0n) is 12.4. The predicted molar refractivity (Wildman–Crippen MR) is 82.4 cm³/mol. The van der Waals surface area contributed by atoms with E-state index in [2.05, 4.69) is 10.1 Å². The predicted octanol–water partition coefficient (Wildman–Crippen LogP) is 2.18. The summed E-state index contributed by atoms with van der Waals surface area (Å²) in [6.07, 6.45) is 0. The van der Waals surface area contributed by atoms with E-state index in [1.54, 1.807) is 19.1 Å². The second-order valence-electron chi connectivity index (χ2n) is 5.06. The first kappa shape index (κ1) is 15.2. The van der Waals surface area contributed by atoms with Crippen LogP contribution >= 0.6 is 0 Å². The number of benzene rings is 2. The zero-order valence-corrected chi connectivity index (χ0v) is 13.2. The van der Waals surface area contributed by atoms with E-state index in [-0.39, 0.29) is 26.6 Å². The summed E-state index contributed by atoms with van der Waals surface area (Å²) in [7, 11) is -2.64. The van der Waals surface area contributed by atoms with Crippen LogP contribution in [0.1, 0.15) is 26.3 Å². The molecule has 118 valence electrons. The normalized spacial score (nSPS) is 15.0. The average Bonchev–Trinajstić information content (AvgIpc) is 2.63. The minimum atomic E-state index is -3.88. The van der Waals surface area contributed by atoms with E-state index >= 15 is 0 Å². The smallest absolute Gasteiger partial charge is 0.338 e. The standard InChI is InChI=1S/C16H13NO5S/c1-9-10(16(19)22-2)7-8-13-14(9)17-15(18)11-5-3-4-6-12(11)23(13,20)21/h3-8H,1-2H3,(H,17,18). The Morgan fingerprint density at radius 3 is 2.48 bits per heavy atom. The van der Waals surface area contributed by atoms with Gasteiger partial charge in [0.25, 0.3) is 5.91 Å². The second kappa shape index (κ2) is 5.20. The highest BCUT2D eigenvalue weighted by Gasteiger charge is 2.32. The van der Waals surface area contributed by atoms with Crippen molar-refractivity contribution in [3.8, 4) is 0 Å². The third-order valence-corrected chi connectivity index (χ3v) is 5.64. The first-order valence-corrected chi connectivity index (χ1v) is 8.23. The third-order valence-electron chi connectivity index (χ3n) is 3.78. The maximum Gasteiger partial charge on any atom is 0.338 e. The quantitative estimate of drug-likeness (QED) is 0.809. The van der Waals surface area contributed by atoms with Crippen molar-refractivity contribution in [3.05, 3.63) is 53.1 Å². The van der Waals surface area contributed by atoms with Gasteiger partial charge in [-0.1, -0.05) is 12.1 Å². The van der Waals surface area contributed by atoms with E-state index in [9.17, 15) is 18.0 Å². The number of hydrogen-bond acceptors (Lipinski definition) is 5. The van der Waals surface area contributed by atoms with Crippen LogP contribution in [0.2, 0.25) is 0 Å². The highest BCUT2D eigenvalue weighted by Crippen LogP contribution is 2.36. The molecule has 0 atom stereocenters. The summed E-state index contributed by atoms with van der Waals surface area (Å²) in [5.41, 5.74) is 0.726. The Kier molecular flexibility index (Phi) is 3.45. The van der Waals surface area contributed by atoms with Crippen molar-refractivity contribution < 1.29 is 22.7 Å². The number of fused-ring (bicyclic) bond motifs is 2. The summed E-state index contributed by atoms with van der Waals surface area (Å²) in [6.45, 7) is 1.57. The van der Waals surface area contributed by atoms with Crippen molar-refractivity contribution in [2.24, 2.45) is 0 Å². The van der Waals surface area contributed by atoms with Crippen molar-refractivity contribution in [1.82, 2.24) is 0 Å². The zero-order chi connectivity index (χ0) is 16.8. The van der Waals surface area contributed by atoms with Crippen molar-refractivity contribution in [3.63, 3.8) is 0 Å². The van der Waals surface area contributed by atoms with Crippen LogP contribution < -0.4 is 5.32 Å². The van der Waals surface area contributed by atoms with Crippen LogP contribution in [0.3, 0.4) is 0 Å². The monoisotopic (exact) mass is 331 g/mol. The number of carbonyl (C=O) groups is 2. The van der Waals surface area contributed by atoms with Crippen molar-refractivity contribution in [2.45, 2.75) is 16.7 Å². The second-order valence-corrected chi connectivity index (χ2v) is 6.94.